The summed E-state index contributed by atoms with van der Waals surface area (Å²) in [6.07, 6.45) is 8.22. The van der Waals surface area contributed by atoms with Gasteiger partial charge in [0.25, 0.3) is 0 Å². The zero-order valence-corrected chi connectivity index (χ0v) is 16.3. The molecule has 4 heteroatoms. The highest BCUT2D eigenvalue weighted by Gasteiger charge is 2.29. The summed E-state index contributed by atoms with van der Waals surface area (Å²) in [5, 5.41) is 18.4. The van der Waals surface area contributed by atoms with Crippen molar-refractivity contribution in [1.29, 1.82) is 0 Å². The van der Waals surface area contributed by atoms with Gasteiger partial charge in [-0.3, -0.25) is 9.59 Å². The van der Waals surface area contributed by atoms with Crippen LogP contribution in [0.5, 0.6) is 0 Å². The molecule has 0 saturated carbocycles. The molecule has 0 fully saturated rings. The first-order valence-corrected chi connectivity index (χ1v) is 9.60. The summed E-state index contributed by atoms with van der Waals surface area (Å²) >= 11 is 0. The van der Waals surface area contributed by atoms with E-state index < -0.39 is 11.9 Å². The first-order chi connectivity index (χ1) is 11.1. The quantitative estimate of drug-likeness (QED) is 0.403. The van der Waals surface area contributed by atoms with Crippen LogP contribution in [0.2, 0.25) is 0 Å². The highest BCUT2D eigenvalue weighted by molar-refractivity contribution is 5.70. The number of carboxylic acid groups (broad SMARTS) is 2. The van der Waals surface area contributed by atoms with E-state index in [0.29, 0.717) is 6.42 Å². The lowest BCUT2D eigenvalue weighted by molar-refractivity contribution is -0.144. The van der Waals surface area contributed by atoms with E-state index in [2.05, 4.69) is 20.8 Å². The van der Waals surface area contributed by atoms with Gasteiger partial charge in [0.2, 0.25) is 0 Å². The second-order valence-electron chi connectivity index (χ2n) is 8.12. The Kier molecular flexibility index (Phi) is 11.0. The lowest BCUT2D eigenvalue weighted by Gasteiger charge is -2.31. The molecular formula is C20H38O4. The normalized spacial score (nSPS) is 15.7. The van der Waals surface area contributed by atoms with Crippen LogP contribution in [0.25, 0.3) is 0 Å². The topological polar surface area (TPSA) is 74.6 Å². The Hall–Kier alpha value is -1.06. The number of unbranched alkanes of at least 4 members (excludes halogenated alkanes) is 2. The van der Waals surface area contributed by atoms with Crippen LogP contribution in [0.3, 0.4) is 0 Å². The number of hydrogen-bond donors (Lipinski definition) is 2. The molecule has 142 valence electrons. The molecule has 0 bridgehead atoms. The van der Waals surface area contributed by atoms with Gasteiger partial charge < -0.3 is 10.2 Å². The van der Waals surface area contributed by atoms with Crippen LogP contribution in [0.1, 0.15) is 92.4 Å². The molecule has 0 heterocycles. The van der Waals surface area contributed by atoms with E-state index in [-0.39, 0.29) is 23.2 Å². The summed E-state index contributed by atoms with van der Waals surface area (Å²) in [5.74, 6) is -1.60. The molecule has 0 aromatic heterocycles. The zero-order valence-electron chi connectivity index (χ0n) is 16.3. The lowest BCUT2D eigenvalue weighted by Crippen LogP contribution is -2.26. The molecule has 0 aromatic carbocycles. The summed E-state index contributed by atoms with van der Waals surface area (Å²) in [4.78, 5) is 22.4. The molecule has 4 nitrogen and oxygen atoms in total. The molecular weight excluding hydrogens is 304 g/mol. The predicted octanol–water partition coefficient (Wildman–Crippen LogP) is 5.60. The molecule has 0 radical (unpaired) electrons. The SMILES string of the molecule is CCCC(C(=O)O)C(C)CC(C)(C)CCCCCC(CC)C(=O)O. The first-order valence-electron chi connectivity index (χ1n) is 9.60. The molecule has 3 unspecified atom stereocenters. The number of hydrogen-bond acceptors (Lipinski definition) is 2. The van der Waals surface area contributed by atoms with Crippen molar-refractivity contribution in [2.75, 3.05) is 0 Å². The van der Waals surface area contributed by atoms with Gasteiger partial charge in [0.05, 0.1) is 11.8 Å². The molecule has 24 heavy (non-hydrogen) atoms. The summed E-state index contributed by atoms with van der Waals surface area (Å²) in [7, 11) is 0. The minimum atomic E-state index is -0.678. The monoisotopic (exact) mass is 342 g/mol. The maximum Gasteiger partial charge on any atom is 0.306 e. The van der Waals surface area contributed by atoms with Crippen LogP contribution in [-0.2, 0) is 9.59 Å². The fraction of sp³-hybridized carbons (Fsp3) is 0.900. The van der Waals surface area contributed by atoms with Crippen LogP contribution in [0.15, 0.2) is 0 Å². The van der Waals surface area contributed by atoms with Crippen LogP contribution < -0.4 is 0 Å². The van der Waals surface area contributed by atoms with Crippen LogP contribution in [0, 0.1) is 23.2 Å². The second-order valence-corrected chi connectivity index (χ2v) is 8.12. The third kappa shape index (κ3) is 9.29. The summed E-state index contributed by atoms with van der Waals surface area (Å²) in [5.41, 5.74) is 0.137. The van der Waals surface area contributed by atoms with Gasteiger partial charge in [-0.2, -0.15) is 0 Å². The minimum Gasteiger partial charge on any atom is -0.481 e. The Bertz CT molecular complexity index is 376. The minimum absolute atomic E-state index is 0.137. The molecule has 0 aliphatic rings. The van der Waals surface area contributed by atoms with Crippen LogP contribution in [0.4, 0.5) is 0 Å². The first kappa shape index (κ1) is 22.9. The van der Waals surface area contributed by atoms with E-state index >= 15 is 0 Å². The highest BCUT2D eigenvalue weighted by atomic mass is 16.4. The van der Waals surface area contributed by atoms with Crippen LogP contribution >= 0.6 is 0 Å². The smallest absolute Gasteiger partial charge is 0.306 e. The zero-order chi connectivity index (χ0) is 18.8. The largest absolute Gasteiger partial charge is 0.481 e. The summed E-state index contributed by atoms with van der Waals surface area (Å²) < 4.78 is 0. The van der Waals surface area contributed by atoms with Crippen molar-refractivity contribution in [2.45, 2.75) is 92.4 Å². The standard InChI is InChI=1S/C20H38O4/c1-6-11-17(19(23)24)15(3)14-20(4,5)13-10-8-9-12-16(7-2)18(21)22/h15-17H,6-14H2,1-5H3,(H,21,22)(H,23,24). The predicted molar refractivity (Wildman–Crippen MR) is 98.1 cm³/mol. The molecule has 0 aliphatic heterocycles. The lowest BCUT2D eigenvalue weighted by atomic mass is 9.74. The van der Waals surface area contributed by atoms with Gasteiger partial charge in [-0.05, 0) is 43.4 Å². The van der Waals surface area contributed by atoms with Crippen LogP contribution in [-0.4, -0.2) is 22.2 Å². The van der Waals surface area contributed by atoms with Gasteiger partial charge in [-0.1, -0.05) is 60.3 Å². The maximum absolute atomic E-state index is 11.4. The number of carboxylic acids is 2. The van der Waals surface area contributed by atoms with Gasteiger partial charge in [0.1, 0.15) is 0 Å². The highest BCUT2D eigenvalue weighted by Crippen LogP contribution is 2.35. The van der Waals surface area contributed by atoms with E-state index in [4.69, 9.17) is 5.11 Å². The molecule has 0 saturated heterocycles. The van der Waals surface area contributed by atoms with E-state index in [9.17, 15) is 14.7 Å². The molecule has 0 rings (SSSR count). The Labute approximate surface area is 148 Å². The maximum atomic E-state index is 11.4. The molecule has 2 N–H and O–H groups in total. The average molecular weight is 343 g/mol. The van der Waals surface area contributed by atoms with E-state index in [1.165, 1.54) is 0 Å². The van der Waals surface area contributed by atoms with Gasteiger partial charge >= 0.3 is 11.9 Å². The Morgan fingerprint density at radius 1 is 0.958 bits per heavy atom. The molecule has 3 atom stereocenters. The number of carbonyl (C=O) groups is 2. The van der Waals surface area contributed by atoms with Crippen molar-refractivity contribution in [2.24, 2.45) is 23.2 Å². The number of aliphatic carboxylic acids is 2. The van der Waals surface area contributed by atoms with Crippen molar-refractivity contribution >= 4 is 11.9 Å². The number of rotatable bonds is 14. The van der Waals surface area contributed by atoms with E-state index in [1.54, 1.807) is 0 Å². The Balaban J connectivity index is 4.20. The molecule has 0 spiro atoms. The van der Waals surface area contributed by atoms with Crippen molar-refractivity contribution in [1.82, 2.24) is 0 Å². The van der Waals surface area contributed by atoms with Gasteiger partial charge in [-0.15, -0.1) is 0 Å². The Morgan fingerprint density at radius 2 is 1.58 bits per heavy atom. The molecule has 0 aromatic rings. The average Bonchev–Trinajstić information content (AvgIpc) is 2.46. The third-order valence-corrected chi connectivity index (χ3v) is 5.23. The van der Waals surface area contributed by atoms with Gasteiger partial charge in [-0.25, -0.2) is 0 Å². The van der Waals surface area contributed by atoms with Crippen molar-refractivity contribution in [3.8, 4) is 0 Å². The van der Waals surface area contributed by atoms with Gasteiger partial charge in [0.15, 0.2) is 0 Å². The van der Waals surface area contributed by atoms with E-state index in [1.807, 2.05) is 13.8 Å². The summed E-state index contributed by atoms with van der Waals surface area (Å²) in [6, 6.07) is 0. The molecule has 0 aliphatic carbocycles. The van der Waals surface area contributed by atoms with Crippen molar-refractivity contribution in [3.63, 3.8) is 0 Å². The fourth-order valence-electron chi connectivity index (χ4n) is 3.75. The Morgan fingerprint density at radius 3 is 2.04 bits per heavy atom. The van der Waals surface area contributed by atoms with Crippen molar-refractivity contribution in [3.05, 3.63) is 0 Å². The van der Waals surface area contributed by atoms with Gasteiger partial charge in [0, 0.05) is 0 Å². The third-order valence-electron chi connectivity index (χ3n) is 5.23. The fourth-order valence-corrected chi connectivity index (χ4v) is 3.75. The molecule has 0 amide bonds. The second kappa shape index (κ2) is 11.5. The van der Waals surface area contributed by atoms with Crippen molar-refractivity contribution < 1.29 is 19.8 Å². The van der Waals surface area contributed by atoms with E-state index in [0.717, 1.165) is 51.4 Å². The summed E-state index contributed by atoms with van der Waals surface area (Å²) in [6.45, 7) is 10.5.